The number of hydrogen-bond donors (Lipinski definition) is 1. The minimum Gasteiger partial charge on any atom is -0.383 e. The fraction of sp³-hybridized carbons (Fsp3) is 0. The Hall–Kier alpha value is -2.66. The van der Waals surface area contributed by atoms with E-state index < -0.39 is 0 Å². The van der Waals surface area contributed by atoms with Crippen molar-refractivity contribution in [2.45, 2.75) is 0 Å². The zero-order valence-corrected chi connectivity index (χ0v) is 13.7. The van der Waals surface area contributed by atoms with Gasteiger partial charge in [0, 0.05) is 21.8 Å². The van der Waals surface area contributed by atoms with Crippen molar-refractivity contribution in [2.24, 2.45) is 0 Å². The number of aromatic nitrogens is 3. The summed E-state index contributed by atoms with van der Waals surface area (Å²) in [5.41, 5.74) is 11.0. The van der Waals surface area contributed by atoms with E-state index >= 15 is 0 Å². The van der Waals surface area contributed by atoms with Gasteiger partial charge in [0.15, 0.2) is 5.65 Å². The smallest absolute Gasteiger partial charge is 0.165 e. The highest BCUT2D eigenvalue weighted by molar-refractivity contribution is 9.10. The van der Waals surface area contributed by atoms with Gasteiger partial charge in [0.05, 0.1) is 6.20 Å². The highest BCUT2D eigenvalue weighted by Gasteiger charge is 2.13. The normalized spacial score (nSPS) is 11.0. The van der Waals surface area contributed by atoms with Gasteiger partial charge in [-0.2, -0.15) is 9.61 Å². The third kappa shape index (κ3) is 2.39. The quantitative estimate of drug-likeness (QED) is 0.573. The lowest BCUT2D eigenvalue weighted by atomic mass is 10.1. The molecule has 0 amide bonds. The van der Waals surface area contributed by atoms with Gasteiger partial charge >= 0.3 is 0 Å². The first-order valence-electron chi connectivity index (χ1n) is 7.17. The van der Waals surface area contributed by atoms with E-state index in [1.807, 2.05) is 60.8 Å². The maximum Gasteiger partial charge on any atom is 0.165 e. The second-order valence-electron chi connectivity index (χ2n) is 5.23. The largest absolute Gasteiger partial charge is 0.383 e. The zero-order chi connectivity index (χ0) is 15.8. The Kier molecular flexibility index (Phi) is 3.35. The van der Waals surface area contributed by atoms with Gasteiger partial charge in [-0.3, -0.25) is 0 Å². The van der Waals surface area contributed by atoms with Gasteiger partial charge < -0.3 is 5.73 Å². The third-order valence-electron chi connectivity index (χ3n) is 3.78. The number of halogens is 1. The van der Waals surface area contributed by atoms with E-state index in [0.717, 1.165) is 32.4 Å². The Morgan fingerprint density at radius 1 is 0.870 bits per heavy atom. The summed E-state index contributed by atoms with van der Waals surface area (Å²) in [5, 5.41) is 4.42. The summed E-state index contributed by atoms with van der Waals surface area (Å²) in [4.78, 5) is 4.59. The molecule has 23 heavy (non-hydrogen) atoms. The first-order valence-corrected chi connectivity index (χ1v) is 7.97. The molecule has 2 N–H and O–H groups in total. The van der Waals surface area contributed by atoms with Crippen molar-refractivity contribution in [3.63, 3.8) is 0 Å². The van der Waals surface area contributed by atoms with Crippen LogP contribution in [0.25, 0.3) is 27.9 Å². The second-order valence-corrected chi connectivity index (χ2v) is 6.14. The van der Waals surface area contributed by atoms with Crippen LogP contribution in [0, 0.1) is 0 Å². The molecular weight excluding hydrogens is 352 g/mol. The number of fused-ring (bicyclic) bond motifs is 1. The van der Waals surface area contributed by atoms with E-state index in [4.69, 9.17) is 5.73 Å². The van der Waals surface area contributed by atoms with Crippen LogP contribution in [0.2, 0.25) is 0 Å². The Balaban J connectivity index is 1.91. The summed E-state index contributed by atoms with van der Waals surface area (Å²) in [6.45, 7) is 0. The van der Waals surface area contributed by atoms with Crippen molar-refractivity contribution >= 4 is 27.4 Å². The van der Waals surface area contributed by atoms with Crippen LogP contribution in [0.5, 0.6) is 0 Å². The van der Waals surface area contributed by atoms with Crippen LogP contribution < -0.4 is 5.73 Å². The minimum atomic E-state index is 0.586. The molecule has 0 saturated carbocycles. The summed E-state index contributed by atoms with van der Waals surface area (Å²) in [6.07, 6.45) is 3.61. The molecule has 2 aromatic heterocycles. The monoisotopic (exact) mass is 364 g/mol. The van der Waals surface area contributed by atoms with E-state index in [1.54, 1.807) is 10.7 Å². The molecule has 0 aliphatic carbocycles. The van der Waals surface area contributed by atoms with E-state index in [9.17, 15) is 0 Å². The second kappa shape index (κ2) is 5.52. The summed E-state index contributed by atoms with van der Waals surface area (Å²) < 4.78 is 2.71. The Morgan fingerprint density at radius 2 is 1.65 bits per heavy atom. The van der Waals surface area contributed by atoms with E-state index in [1.165, 1.54) is 0 Å². The molecule has 4 nitrogen and oxygen atoms in total. The zero-order valence-electron chi connectivity index (χ0n) is 12.1. The summed E-state index contributed by atoms with van der Waals surface area (Å²) in [7, 11) is 0. The van der Waals surface area contributed by atoms with Crippen LogP contribution in [-0.4, -0.2) is 14.6 Å². The standard InChI is InChI=1S/C18H13BrN4/c19-14-8-4-7-13(9-14)16-11-22-23-17(20)15(10-21-18(16)23)12-5-2-1-3-6-12/h1-11H,20H2. The Bertz CT molecular complexity index is 993. The van der Waals surface area contributed by atoms with Crippen LogP contribution in [0.4, 0.5) is 5.82 Å². The maximum absolute atomic E-state index is 6.32. The average molecular weight is 365 g/mol. The molecular formula is C18H13BrN4. The average Bonchev–Trinajstić information content (AvgIpc) is 3.01. The molecule has 0 spiro atoms. The summed E-state index contributed by atoms with van der Waals surface area (Å²) >= 11 is 3.50. The molecule has 2 heterocycles. The molecule has 0 unspecified atom stereocenters. The fourth-order valence-electron chi connectivity index (χ4n) is 2.65. The van der Waals surface area contributed by atoms with E-state index in [-0.39, 0.29) is 0 Å². The van der Waals surface area contributed by atoms with Crippen molar-refractivity contribution in [3.8, 4) is 22.3 Å². The van der Waals surface area contributed by atoms with Gasteiger partial charge in [-0.15, -0.1) is 0 Å². The van der Waals surface area contributed by atoms with Gasteiger partial charge in [0.1, 0.15) is 5.82 Å². The fourth-order valence-corrected chi connectivity index (χ4v) is 3.05. The van der Waals surface area contributed by atoms with Gasteiger partial charge in [-0.25, -0.2) is 4.98 Å². The molecule has 2 aromatic carbocycles. The van der Waals surface area contributed by atoms with Crippen LogP contribution >= 0.6 is 15.9 Å². The molecule has 112 valence electrons. The number of nitrogens with zero attached hydrogens (tertiary/aromatic N) is 3. The van der Waals surface area contributed by atoms with Crippen LogP contribution in [0.15, 0.2) is 71.5 Å². The predicted molar refractivity (Wildman–Crippen MR) is 96.0 cm³/mol. The highest BCUT2D eigenvalue weighted by atomic mass is 79.9. The first kappa shape index (κ1) is 14.0. The maximum atomic E-state index is 6.32. The van der Waals surface area contributed by atoms with Crippen LogP contribution in [0.3, 0.4) is 0 Å². The summed E-state index contributed by atoms with van der Waals surface area (Å²) in [5.74, 6) is 0.586. The number of nitrogens with two attached hydrogens (primary N) is 1. The number of nitrogen functional groups attached to an aromatic ring is 1. The molecule has 0 saturated heterocycles. The van der Waals surface area contributed by atoms with Gasteiger partial charge in [0.25, 0.3) is 0 Å². The topological polar surface area (TPSA) is 56.2 Å². The van der Waals surface area contributed by atoms with E-state index in [0.29, 0.717) is 5.82 Å². The molecule has 0 aliphatic heterocycles. The number of hydrogen-bond acceptors (Lipinski definition) is 3. The molecule has 4 aromatic rings. The number of anilines is 1. The van der Waals surface area contributed by atoms with Crippen molar-refractivity contribution in [1.29, 1.82) is 0 Å². The predicted octanol–water partition coefficient (Wildman–Crippen LogP) is 4.41. The molecule has 0 radical (unpaired) electrons. The third-order valence-corrected chi connectivity index (χ3v) is 4.28. The van der Waals surface area contributed by atoms with Crippen molar-refractivity contribution in [2.75, 3.05) is 5.73 Å². The lowest BCUT2D eigenvalue weighted by molar-refractivity contribution is 0.954. The molecule has 4 rings (SSSR count). The summed E-state index contributed by atoms with van der Waals surface area (Å²) in [6, 6.07) is 18.0. The molecule has 0 atom stereocenters. The minimum absolute atomic E-state index is 0.586. The highest BCUT2D eigenvalue weighted by Crippen LogP contribution is 2.30. The molecule has 0 aliphatic rings. The van der Waals surface area contributed by atoms with Crippen molar-refractivity contribution < 1.29 is 0 Å². The molecule has 0 fully saturated rings. The number of benzene rings is 2. The number of rotatable bonds is 2. The lowest BCUT2D eigenvalue weighted by Gasteiger charge is -2.07. The first-order chi connectivity index (χ1) is 11.2. The van der Waals surface area contributed by atoms with Gasteiger partial charge in [-0.1, -0.05) is 58.4 Å². The Morgan fingerprint density at radius 3 is 2.43 bits per heavy atom. The SMILES string of the molecule is Nc1c(-c2ccccc2)cnc2c(-c3cccc(Br)c3)cnn12. The van der Waals surface area contributed by atoms with Gasteiger partial charge in [0.2, 0.25) is 0 Å². The Labute approximate surface area is 141 Å². The lowest BCUT2D eigenvalue weighted by Crippen LogP contribution is -2.02. The molecule has 5 heteroatoms. The van der Waals surface area contributed by atoms with Crippen LogP contribution in [-0.2, 0) is 0 Å². The van der Waals surface area contributed by atoms with Crippen molar-refractivity contribution in [1.82, 2.24) is 14.6 Å². The van der Waals surface area contributed by atoms with E-state index in [2.05, 4.69) is 26.0 Å². The van der Waals surface area contributed by atoms with Crippen molar-refractivity contribution in [3.05, 3.63) is 71.5 Å². The van der Waals surface area contributed by atoms with Gasteiger partial charge in [-0.05, 0) is 23.3 Å². The molecule has 0 bridgehead atoms. The van der Waals surface area contributed by atoms with Crippen LogP contribution in [0.1, 0.15) is 0 Å².